The first-order valence-electron chi connectivity index (χ1n) is 12.0. The second kappa shape index (κ2) is 14.1. The Balaban J connectivity index is 0.00000167. The third kappa shape index (κ3) is 7.73. The van der Waals surface area contributed by atoms with Crippen molar-refractivity contribution in [1.29, 1.82) is 0 Å². The first-order valence-corrected chi connectivity index (χ1v) is 12.4. The van der Waals surface area contributed by atoms with Gasteiger partial charge in [-0.05, 0) is 30.2 Å². The van der Waals surface area contributed by atoms with E-state index in [0.29, 0.717) is 31.2 Å². The second-order valence-electron chi connectivity index (χ2n) is 7.85. The number of methoxy groups -OCH3 is 1. The molecule has 0 bridgehead atoms. The summed E-state index contributed by atoms with van der Waals surface area (Å²) < 4.78 is 30.4. The van der Waals surface area contributed by atoms with Gasteiger partial charge < -0.3 is 19.5 Å². The Morgan fingerprint density at radius 2 is 1.89 bits per heavy atom. The predicted octanol–water partition coefficient (Wildman–Crippen LogP) is 4.85. The first kappa shape index (κ1) is 27.1. The zero-order valence-electron chi connectivity index (χ0n) is 20.7. The maximum absolute atomic E-state index is 13.4. The maximum Gasteiger partial charge on any atom is 0.162 e. The second-order valence-corrected chi connectivity index (χ2v) is 8.26. The van der Waals surface area contributed by atoms with E-state index in [4.69, 9.17) is 25.8 Å². The molecule has 0 saturated carbocycles. The number of fused-ring (bicyclic) bond motifs is 1. The van der Waals surface area contributed by atoms with E-state index in [-0.39, 0.29) is 5.02 Å². The van der Waals surface area contributed by atoms with E-state index in [2.05, 4.69) is 20.2 Å². The van der Waals surface area contributed by atoms with Gasteiger partial charge in [-0.3, -0.25) is 4.90 Å². The first-order chi connectivity index (χ1) is 17.1. The molecular formula is C26H34ClFN4O3. The molecule has 0 amide bonds. The van der Waals surface area contributed by atoms with Crippen LogP contribution in [0.15, 0.2) is 36.7 Å². The SMILES string of the molecule is CC.COc1cc2ncnc(CNCc3ccc(F)c(Cl)c3)c2cc1OCCCN1CCOCC1. The average Bonchev–Trinajstić information content (AvgIpc) is 2.90. The molecule has 1 aromatic heterocycles. The van der Waals surface area contributed by atoms with Crippen LogP contribution in [-0.4, -0.2) is 61.4 Å². The van der Waals surface area contributed by atoms with Gasteiger partial charge in [0.1, 0.15) is 12.1 Å². The van der Waals surface area contributed by atoms with Crippen LogP contribution in [0, 0.1) is 5.82 Å². The van der Waals surface area contributed by atoms with E-state index in [0.717, 1.165) is 61.4 Å². The third-order valence-corrected chi connectivity index (χ3v) is 5.88. The van der Waals surface area contributed by atoms with Crippen LogP contribution in [0.5, 0.6) is 11.5 Å². The van der Waals surface area contributed by atoms with Gasteiger partial charge in [0.05, 0.1) is 43.2 Å². The highest BCUT2D eigenvalue weighted by molar-refractivity contribution is 6.30. The largest absolute Gasteiger partial charge is 0.493 e. The lowest BCUT2D eigenvalue weighted by atomic mass is 10.1. The third-order valence-electron chi connectivity index (χ3n) is 5.59. The van der Waals surface area contributed by atoms with Crippen molar-refractivity contribution >= 4 is 22.5 Å². The molecular weight excluding hydrogens is 471 g/mol. The smallest absolute Gasteiger partial charge is 0.162 e. The van der Waals surface area contributed by atoms with Crippen molar-refractivity contribution in [3.05, 3.63) is 58.8 Å². The fourth-order valence-electron chi connectivity index (χ4n) is 3.80. The van der Waals surface area contributed by atoms with Gasteiger partial charge in [0.15, 0.2) is 11.5 Å². The fraction of sp³-hybridized carbons (Fsp3) is 0.462. The van der Waals surface area contributed by atoms with E-state index >= 15 is 0 Å². The van der Waals surface area contributed by atoms with Crippen LogP contribution in [0.4, 0.5) is 4.39 Å². The molecule has 3 aromatic rings. The average molecular weight is 505 g/mol. The Morgan fingerprint density at radius 3 is 2.63 bits per heavy atom. The monoisotopic (exact) mass is 504 g/mol. The topological polar surface area (TPSA) is 68.7 Å². The highest BCUT2D eigenvalue weighted by Crippen LogP contribution is 2.32. The van der Waals surface area contributed by atoms with E-state index in [1.165, 1.54) is 12.4 Å². The number of hydrogen-bond acceptors (Lipinski definition) is 7. The molecule has 0 unspecified atom stereocenters. The van der Waals surface area contributed by atoms with Gasteiger partial charge in [-0.15, -0.1) is 0 Å². The molecule has 1 fully saturated rings. The van der Waals surface area contributed by atoms with E-state index in [1.54, 1.807) is 19.2 Å². The van der Waals surface area contributed by atoms with Gasteiger partial charge in [-0.1, -0.05) is 31.5 Å². The highest BCUT2D eigenvalue weighted by atomic mass is 35.5. The number of nitrogens with one attached hydrogen (secondary N) is 1. The summed E-state index contributed by atoms with van der Waals surface area (Å²) in [7, 11) is 1.62. The molecule has 35 heavy (non-hydrogen) atoms. The van der Waals surface area contributed by atoms with Crippen LogP contribution in [0.25, 0.3) is 10.9 Å². The number of nitrogens with zero attached hydrogens (tertiary/aromatic N) is 3. The molecule has 2 heterocycles. The van der Waals surface area contributed by atoms with Crippen molar-refractivity contribution in [3.8, 4) is 11.5 Å². The lowest BCUT2D eigenvalue weighted by molar-refractivity contribution is 0.0357. The minimum Gasteiger partial charge on any atom is -0.493 e. The zero-order chi connectivity index (χ0) is 25.0. The van der Waals surface area contributed by atoms with Crippen LogP contribution in [-0.2, 0) is 17.8 Å². The van der Waals surface area contributed by atoms with Gasteiger partial charge in [-0.25, -0.2) is 14.4 Å². The summed E-state index contributed by atoms with van der Waals surface area (Å²) in [5.41, 5.74) is 2.52. The van der Waals surface area contributed by atoms with Gasteiger partial charge in [-0.2, -0.15) is 0 Å². The summed E-state index contributed by atoms with van der Waals surface area (Å²) in [4.78, 5) is 11.2. The lowest BCUT2D eigenvalue weighted by Gasteiger charge is -2.26. The van der Waals surface area contributed by atoms with Crippen molar-refractivity contribution in [3.63, 3.8) is 0 Å². The van der Waals surface area contributed by atoms with Crippen LogP contribution in [0.2, 0.25) is 5.02 Å². The molecule has 1 saturated heterocycles. The Hall–Kier alpha value is -2.52. The normalized spacial score (nSPS) is 13.9. The molecule has 9 heteroatoms. The van der Waals surface area contributed by atoms with Crippen molar-refractivity contribution in [1.82, 2.24) is 20.2 Å². The van der Waals surface area contributed by atoms with Crippen molar-refractivity contribution < 1.29 is 18.6 Å². The summed E-state index contributed by atoms with van der Waals surface area (Å²) in [6, 6.07) is 8.51. The number of ether oxygens (including phenoxy) is 3. The minimum absolute atomic E-state index is 0.115. The van der Waals surface area contributed by atoms with Crippen LogP contribution >= 0.6 is 11.6 Å². The molecule has 0 aliphatic carbocycles. The summed E-state index contributed by atoms with van der Waals surface area (Å²) in [5, 5.41) is 4.34. The summed E-state index contributed by atoms with van der Waals surface area (Å²) in [5.74, 6) is 0.898. The number of halogens is 2. The van der Waals surface area contributed by atoms with Crippen LogP contribution in [0.1, 0.15) is 31.5 Å². The molecule has 2 aromatic carbocycles. The van der Waals surface area contributed by atoms with Gasteiger partial charge in [0, 0.05) is 44.2 Å². The van der Waals surface area contributed by atoms with E-state index in [1.807, 2.05) is 26.0 Å². The molecule has 0 radical (unpaired) electrons. The fourth-order valence-corrected chi connectivity index (χ4v) is 4.00. The maximum atomic E-state index is 13.4. The van der Waals surface area contributed by atoms with E-state index < -0.39 is 5.82 Å². The van der Waals surface area contributed by atoms with E-state index in [9.17, 15) is 4.39 Å². The highest BCUT2D eigenvalue weighted by Gasteiger charge is 2.13. The van der Waals surface area contributed by atoms with Crippen molar-refractivity contribution in [2.45, 2.75) is 33.4 Å². The number of benzene rings is 2. The van der Waals surface area contributed by atoms with Crippen LogP contribution in [0.3, 0.4) is 0 Å². The Bertz CT molecular complexity index is 1080. The lowest BCUT2D eigenvalue weighted by Crippen LogP contribution is -2.37. The molecule has 1 N–H and O–H groups in total. The standard InChI is InChI=1S/C24H28ClFN4O3.C2H6/c1-31-23-13-21-18(12-24(23)33-8-2-5-30-6-9-32-10-7-30)22(29-16-28-21)15-27-14-17-3-4-20(26)19(25)11-17;1-2/h3-4,11-13,16,27H,2,5-10,14-15H2,1H3;1-2H3. The minimum atomic E-state index is -0.423. The van der Waals surface area contributed by atoms with Crippen molar-refractivity contribution in [2.75, 3.05) is 46.6 Å². The number of aromatic nitrogens is 2. The van der Waals surface area contributed by atoms with Gasteiger partial charge in [0.2, 0.25) is 0 Å². The Labute approximate surface area is 211 Å². The van der Waals surface area contributed by atoms with Crippen molar-refractivity contribution in [2.24, 2.45) is 0 Å². The Morgan fingerprint density at radius 1 is 1.09 bits per heavy atom. The number of hydrogen-bond donors (Lipinski definition) is 1. The van der Waals surface area contributed by atoms with Crippen LogP contribution < -0.4 is 14.8 Å². The predicted molar refractivity (Wildman–Crippen MR) is 137 cm³/mol. The quantitative estimate of drug-likeness (QED) is 0.396. The molecule has 190 valence electrons. The van der Waals surface area contributed by atoms with Gasteiger partial charge in [0.25, 0.3) is 0 Å². The molecule has 1 aliphatic rings. The molecule has 7 nitrogen and oxygen atoms in total. The molecule has 4 rings (SSSR count). The Kier molecular flexibility index (Phi) is 10.9. The van der Waals surface area contributed by atoms with Gasteiger partial charge >= 0.3 is 0 Å². The summed E-state index contributed by atoms with van der Waals surface area (Å²) >= 11 is 5.87. The summed E-state index contributed by atoms with van der Waals surface area (Å²) in [6.45, 7) is 10.1. The molecule has 0 atom stereocenters. The summed E-state index contributed by atoms with van der Waals surface area (Å²) in [6.07, 6.45) is 2.46. The number of morpholine rings is 1. The molecule has 0 spiro atoms. The molecule has 1 aliphatic heterocycles. The number of rotatable bonds is 10. The zero-order valence-corrected chi connectivity index (χ0v) is 21.4.